The van der Waals surface area contributed by atoms with Crippen molar-refractivity contribution in [3.05, 3.63) is 0 Å². The van der Waals surface area contributed by atoms with E-state index in [9.17, 15) is 0 Å². The Labute approximate surface area is 112 Å². The highest BCUT2D eigenvalue weighted by Crippen LogP contribution is 2.41. The Morgan fingerprint density at radius 3 is 2.78 bits per heavy atom. The Kier molecular flexibility index (Phi) is 4.68. The molecule has 1 saturated carbocycles. The molecule has 2 rings (SSSR count). The quantitative estimate of drug-likeness (QED) is 0.832. The molecule has 0 amide bonds. The van der Waals surface area contributed by atoms with Crippen molar-refractivity contribution in [2.75, 3.05) is 33.8 Å². The van der Waals surface area contributed by atoms with Crippen molar-refractivity contribution >= 4 is 0 Å². The summed E-state index contributed by atoms with van der Waals surface area (Å²) >= 11 is 0. The van der Waals surface area contributed by atoms with E-state index in [0.717, 1.165) is 12.5 Å². The van der Waals surface area contributed by atoms with E-state index in [0.29, 0.717) is 17.6 Å². The number of hydrogen-bond acceptors (Lipinski definition) is 3. The van der Waals surface area contributed by atoms with Gasteiger partial charge in [-0.1, -0.05) is 13.8 Å². The van der Waals surface area contributed by atoms with Crippen LogP contribution in [0.1, 0.15) is 39.5 Å². The first-order chi connectivity index (χ1) is 8.56. The number of piperidine rings is 1. The second-order valence-corrected chi connectivity index (χ2v) is 6.81. The van der Waals surface area contributed by atoms with Crippen LogP contribution in [0.3, 0.4) is 0 Å². The van der Waals surface area contributed by atoms with Crippen LogP contribution >= 0.6 is 0 Å². The lowest BCUT2D eigenvalue weighted by Gasteiger charge is -2.37. The molecule has 2 aliphatic rings. The van der Waals surface area contributed by atoms with E-state index in [2.05, 4.69) is 31.1 Å². The minimum atomic E-state index is 0.454. The van der Waals surface area contributed by atoms with Crippen LogP contribution in [0.25, 0.3) is 0 Å². The van der Waals surface area contributed by atoms with Gasteiger partial charge in [0.15, 0.2) is 0 Å². The maximum Gasteiger partial charge on any atom is 0.0698 e. The van der Waals surface area contributed by atoms with Gasteiger partial charge in [-0.25, -0.2) is 0 Å². The summed E-state index contributed by atoms with van der Waals surface area (Å²) in [5.74, 6) is 0.806. The van der Waals surface area contributed by atoms with E-state index >= 15 is 0 Å². The Morgan fingerprint density at radius 2 is 2.11 bits per heavy atom. The molecule has 2 fully saturated rings. The summed E-state index contributed by atoms with van der Waals surface area (Å²) in [6, 6.07) is 0.667. The lowest BCUT2D eigenvalue weighted by atomic mass is 9.84. The first kappa shape index (κ1) is 14.3. The van der Waals surface area contributed by atoms with Crippen LogP contribution in [0.4, 0.5) is 0 Å². The van der Waals surface area contributed by atoms with E-state index in [1.807, 2.05) is 7.11 Å². The van der Waals surface area contributed by atoms with Crippen molar-refractivity contribution < 1.29 is 4.74 Å². The summed E-state index contributed by atoms with van der Waals surface area (Å²) in [5.41, 5.74) is 0.454. The van der Waals surface area contributed by atoms with E-state index in [1.54, 1.807) is 0 Å². The second-order valence-electron chi connectivity index (χ2n) is 6.81. The zero-order valence-corrected chi connectivity index (χ0v) is 12.5. The average molecular weight is 254 g/mol. The molecule has 106 valence electrons. The molecular weight excluding hydrogens is 224 g/mol. The molecule has 0 aromatic rings. The van der Waals surface area contributed by atoms with Crippen molar-refractivity contribution in [2.24, 2.45) is 11.3 Å². The third-order valence-electron chi connectivity index (χ3n) is 5.07. The molecule has 0 spiro atoms. The maximum atomic E-state index is 5.52. The van der Waals surface area contributed by atoms with E-state index in [4.69, 9.17) is 4.74 Å². The molecule has 3 unspecified atom stereocenters. The lowest BCUT2D eigenvalue weighted by molar-refractivity contribution is 0.0237. The van der Waals surface area contributed by atoms with Crippen molar-refractivity contribution in [3.8, 4) is 0 Å². The largest absolute Gasteiger partial charge is 0.380 e. The monoisotopic (exact) mass is 254 g/mol. The summed E-state index contributed by atoms with van der Waals surface area (Å²) in [7, 11) is 3.97. The zero-order chi connectivity index (χ0) is 13.2. The standard InChI is InChI=1S/C15H30N2O/c1-15(2)8-7-12(14(15)16-3)10-17-9-5-6-13(11-17)18-4/h12-14,16H,5-11H2,1-4H3. The summed E-state index contributed by atoms with van der Waals surface area (Å²) in [6.07, 6.45) is 5.70. The van der Waals surface area contributed by atoms with Gasteiger partial charge in [-0.05, 0) is 50.6 Å². The predicted octanol–water partition coefficient (Wildman–Crippen LogP) is 2.12. The highest BCUT2D eigenvalue weighted by atomic mass is 16.5. The van der Waals surface area contributed by atoms with Crippen LogP contribution in [0, 0.1) is 11.3 Å². The third kappa shape index (κ3) is 3.06. The summed E-state index contributed by atoms with van der Waals surface area (Å²) in [4.78, 5) is 2.62. The topological polar surface area (TPSA) is 24.5 Å². The number of likely N-dealkylation sites (tertiary alicyclic amines) is 1. The third-order valence-corrected chi connectivity index (χ3v) is 5.07. The molecule has 3 heteroatoms. The molecule has 1 aliphatic carbocycles. The minimum Gasteiger partial charge on any atom is -0.380 e. The van der Waals surface area contributed by atoms with Gasteiger partial charge in [-0.2, -0.15) is 0 Å². The van der Waals surface area contributed by atoms with Gasteiger partial charge in [0.05, 0.1) is 6.10 Å². The smallest absolute Gasteiger partial charge is 0.0698 e. The SMILES string of the molecule is CNC1C(CN2CCCC(OC)C2)CCC1(C)C. The highest BCUT2D eigenvalue weighted by Gasteiger charge is 2.41. The average Bonchev–Trinajstić information content (AvgIpc) is 2.64. The summed E-state index contributed by atoms with van der Waals surface area (Å²) < 4.78 is 5.52. The predicted molar refractivity (Wildman–Crippen MR) is 75.8 cm³/mol. The van der Waals surface area contributed by atoms with Gasteiger partial charge in [-0.15, -0.1) is 0 Å². The molecule has 18 heavy (non-hydrogen) atoms. The second kappa shape index (κ2) is 5.89. The van der Waals surface area contributed by atoms with E-state index < -0.39 is 0 Å². The number of ether oxygens (including phenoxy) is 1. The molecule has 3 atom stereocenters. The van der Waals surface area contributed by atoms with Crippen molar-refractivity contribution in [2.45, 2.75) is 51.7 Å². The minimum absolute atomic E-state index is 0.454. The molecule has 1 N–H and O–H groups in total. The van der Waals surface area contributed by atoms with Crippen molar-refractivity contribution in [1.82, 2.24) is 10.2 Å². The fraction of sp³-hybridized carbons (Fsp3) is 1.00. The summed E-state index contributed by atoms with van der Waals surface area (Å²) in [6.45, 7) is 8.44. The number of nitrogens with one attached hydrogen (secondary N) is 1. The molecule has 0 aromatic heterocycles. The normalized spacial score (nSPS) is 37.0. The molecule has 1 heterocycles. The highest BCUT2D eigenvalue weighted by molar-refractivity contribution is 4.96. The van der Waals surface area contributed by atoms with Gasteiger partial charge in [0, 0.05) is 26.2 Å². The maximum absolute atomic E-state index is 5.52. The van der Waals surface area contributed by atoms with E-state index in [1.165, 1.54) is 38.8 Å². The van der Waals surface area contributed by atoms with Crippen LogP contribution in [-0.2, 0) is 4.74 Å². The van der Waals surface area contributed by atoms with Crippen molar-refractivity contribution in [3.63, 3.8) is 0 Å². The number of methoxy groups -OCH3 is 1. The van der Waals surface area contributed by atoms with Crippen LogP contribution < -0.4 is 5.32 Å². The molecule has 1 saturated heterocycles. The van der Waals surface area contributed by atoms with Gasteiger partial charge in [-0.3, -0.25) is 0 Å². The molecule has 0 radical (unpaired) electrons. The van der Waals surface area contributed by atoms with Crippen molar-refractivity contribution in [1.29, 1.82) is 0 Å². The van der Waals surface area contributed by atoms with Crippen LogP contribution in [0.2, 0.25) is 0 Å². The summed E-state index contributed by atoms with van der Waals surface area (Å²) in [5, 5.41) is 3.56. The fourth-order valence-corrected chi connectivity index (χ4v) is 4.04. The molecular formula is C15H30N2O. The molecule has 3 nitrogen and oxygen atoms in total. The van der Waals surface area contributed by atoms with Gasteiger partial charge in [0.1, 0.15) is 0 Å². The number of rotatable bonds is 4. The Bertz CT molecular complexity index is 267. The Morgan fingerprint density at radius 1 is 1.33 bits per heavy atom. The zero-order valence-electron chi connectivity index (χ0n) is 12.5. The first-order valence-corrected chi connectivity index (χ1v) is 7.49. The van der Waals surface area contributed by atoms with Crippen LogP contribution in [0.15, 0.2) is 0 Å². The van der Waals surface area contributed by atoms with Crippen LogP contribution in [0.5, 0.6) is 0 Å². The van der Waals surface area contributed by atoms with Gasteiger partial charge in [0.25, 0.3) is 0 Å². The van der Waals surface area contributed by atoms with E-state index in [-0.39, 0.29) is 0 Å². The van der Waals surface area contributed by atoms with Gasteiger partial charge in [0.2, 0.25) is 0 Å². The number of nitrogens with zero attached hydrogens (tertiary/aromatic N) is 1. The number of hydrogen-bond donors (Lipinski definition) is 1. The lowest BCUT2D eigenvalue weighted by Crippen LogP contribution is -2.47. The van der Waals surface area contributed by atoms with Gasteiger partial charge >= 0.3 is 0 Å². The Balaban J connectivity index is 1.89. The molecule has 0 aromatic carbocycles. The van der Waals surface area contributed by atoms with Gasteiger partial charge < -0.3 is 15.0 Å². The van der Waals surface area contributed by atoms with Crippen LogP contribution in [-0.4, -0.2) is 50.8 Å². The molecule has 0 bridgehead atoms. The first-order valence-electron chi connectivity index (χ1n) is 7.49. The Hall–Kier alpha value is -0.120. The fourth-order valence-electron chi connectivity index (χ4n) is 4.04. The molecule has 1 aliphatic heterocycles.